The van der Waals surface area contributed by atoms with Crippen molar-refractivity contribution in [1.29, 1.82) is 5.26 Å². The minimum Gasteiger partial charge on any atom is -0.369 e. The average molecular weight is 432 g/mol. The summed E-state index contributed by atoms with van der Waals surface area (Å²) in [4.78, 5) is 10.3. The Kier molecular flexibility index (Phi) is 5.80. The van der Waals surface area contributed by atoms with Crippen molar-refractivity contribution < 1.29 is 0 Å². The van der Waals surface area contributed by atoms with Crippen molar-refractivity contribution in [3.63, 3.8) is 0 Å². The highest BCUT2D eigenvalue weighted by molar-refractivity contribution is 7.19. The zero-order chi connectivity index (χ0) is 21.2. The lowest BCUT2D eigenvalue weighted by Crippen LogP contribution is -2.44. The molecule has 0 bridgehead atoms. The maximum absolute atomic E-state index is 9.72. The number of piperazine rings is 1. The van der Waals surface area contributed by atoms with Gasteiger partial charge in [0.15, 0.2) is 0 Å². The van der Waals surface area contributed by atoms with Gasteiger partial charge in [0.05, 0.1) is 4.70 Å². The molecule has 3 heterocycles. The Morgan fingerprint density at radius 3 is 2.52 bits per heavy atom. The number of nitriles is 1. The normalized spacial score (nSPS) is 18.3. The number of nitrogens with one attached hydrogen (secondary N) is 1. The van der Waals surface area contributed by atoms with Gasteiger partial charge in [0.2, 0.25) is 0 Å². The first-order valence-electron chi connectivity index (χ1n) is 11.3. The average Bonchev–Trinajstić information content (AvgIpc) is 3.19. The SMILES string of the molecule is CN1CCN(c2ccc(Nc3cc4c(C5CCCCC5)c(C#N)sc4cn3)cc2)CC1. The molecule has 0 radical (unpaired) electrons. The second kappa shape index (κ2) is 8.86. The Labute approximate surface area is 188 Å². The molecule has 160 valence electrons. The van der Waals surface area contributed by atoms with Crippen LogP contribution in [0.15, 0.2) is 36.5 Å². The van der Waals surface area contributed by atoms with E-state index in [0.29, 0.717) is 5.92 Å². The summed E-state index contributed by atoms with van der Waals surface area (Å²) in [5.41, 5.74) is 3.58. The Balaban J connectivity index is 1.37. The van der Waals surface area contributed by atoms with Gasteiger partial charge in [0.25, 0.3) is 0 Å². The van der Waals surface area contributed by atoms with Crippen molar-refractivity contribution in [3.8, 4) is 6.07 Å². The van der Waals surface area contributed by atoms with Crippen molar-refractivity contribution in [1.82, 2.24) is 9.88 Å². The van der Waals surface area contributed by atoms with Crippen molar-refractivity contribution in [2.45, 2.75) is 38.0 Å². The van der Waals surface area contributed by atoms with Gasteiger partial charge >= 0.3 is 0 Å². The van der Waals surface area contributed by atoms with Gasteiger partial charge in [-0.15, -0.1) is 11.3 Å². The van der Waals surface area contributed by atoms with Crippen LogP contribution in [-0.4, -0.2) is 43.1 Å². The molecule has 0 spiro atoms. The molecule has 0 unspecified atom stereocenters. The number of thiophene rings is 1. The first-order chi connectivity index (χ1) is 15.2. The highest BCUT2D eigenvalue weighted by atomic mass is 32.1. The summed E-state index contributed by atoms with van der Waals surface area (Å²) in [6, 6.07) is 13.3. The summed E-state index contributed by atoms with van der Waals surface area (Å²) in [6.07, 6.45) is 8.16. The second-order valence-corrected chi connectivity index (χ2v) is 9.87. The van der Waals surface area contributed by atoms with Crippen LogP contribution in [0.2, 0.25) is 0 Å². The summed E-state index contributed by atoms with van der Waals surface area (Å²) in [5, 5.41) is 14.4. The molecule has 0 amide bonds. The molecule has 1 aromatic carbocycles. The predicted octanol–water partition coefficient (Wildman–Crippen LogP) is 5.71. The van der Waals surface area contributed by atoms with E-state index in [1.807, 2.05) is 6.20 Å². The molecule has 5 rings (SSSR count). The van der Waals surface area contributed by atoms with Crippen LogP contribution in [0.3, 0.4) is 0 Å². The maximum Gasteiger partial charge on any atom is 0.130 e. The third-order valence-electron chi connectivity index (χ3n) is 6.74. The lowest BCUT2D eigenvalue weighted by molar-refractivity contribution is 0.313. The van der Waals surface area contributed by atoms with Gasteiger partial charge in [-0.1, -0.05) is 19.3 Å². The summed E-state index contributed by atoms with van der Waals surface area (Å²) in [5.74, 6) is 1.36. The second-order valence-electron chi connectivity index (χ2n) is 8.82. The highest BCUT2D eigenvalue weighted by Crippen LogP contribution is 2.42. The van der Waals surface area contributed by atoms with Gasteiger partial charge in [-0.3, -0.25) is 0 Å². The minimum absolute atomic E-state index is 0.510. The Morgan fingerprint density at radius 1 is 1.06 bits per heavy atom. The molecule has 1 saturated heterocycles. The smallest absolute Gasteiger partial charge is 0.130 e. The van der Waals surface area contributed by atoms with Crippen LogP contribution in [0.25, 0.3) is 10.1 Å². The zero-order valence-corrected chi connectivity index (χ0v) is 18.9. The van der Waals surface area contributed by atoms with E-state index < -0.39 is 0 Å². The van der Waals surface area contributed by atoms with Crippen molar-refractivity contribution in [3.05, 3.63) is 47.0 Å². The molecule has 31 heavy (non-hydrogen) atoms. The number of anilines is 3. The number of pyridine rings is 1. The van der Waals surface area contributed by atoms with Gasteiger partial charge in [-0.25, -0.2) is 4.98 Å². The van der Waals surface area contributed by atoms with Crippen LogP contribution in [0.5, 0.6) is 0 Å². The fourth-order valence-electron chi connectivity index (χ4n) is 4.94. The number of benzene rings is 1. The molecule has 1 saturated carbocycles. The van der Waals surface area contributed by atoms with E-state index in [9.17, 15) is 5.26 Å². The predicted molar refractivity (Wildman–Crippen MR) is 130 cm³/mol. The minimum atomic E-state index is 0.510. The Morgan fingerprint density at radius 2 is 1.81 bits per heavy atom. The van der Waals surface area contributed by atoms with Crippen LogP contribution < -0.4 is 10.2 Å². The van der Waals surface area contributed by atoms with E-state index in [4.69, 9.17) is 0 Å². The third-order valence-corrected chi connectivity index (χ3v) is 7.80. The number of hydrogen-bond acceptors (Lipinski definition) is 6. The number of fused-ring (bicyclic) bond motifs is 1. The summed E-state index contributed by atoms with van der Waals surface area (Å²) < 4.78 is 1.12. The van der Waals surface area contributed by atoms with Crippen LogP contribution in [0.4, 0.5) is 17.2 Å². The van der Waals surface area contributed by atoms with E-state index in [1.165, 1.54) is 48.7 Å². The van der Waals surface area contributed by atoms with Crippen LogP contribution in [0, 0.1) is 11.3 Å². The molecular formula is C25H29N5S. The van der Waals surface area contributed by atoms with E-state index in [2.05, 4.69) is 63.5 Å². The molecule has 5 nitrogen and oxygen atoms in total. The first kappa shape index (κ1) is 20.3. The van der Waals surface area contributed by atoms with Crippen molar-refractivity contribution >= 4 is 38.6 Å². The van der Waals surface area contributed by atoms with Gasteiger partial charge in [0, 0.05) is 49.1 Å². The standard InChI is InChI=1S/C25H29N5S/c1-29-11-13-30(14-12-29)20-9-7-19(8-10-20)28-24-15-21-23(17-27-24)31-22(16-26)25(21)18-5-3-2-4-6-18/h7-10,15,17-18H,2-6,11-14H2,1H3,(H,27,28). The van der Waals surface area contributed by atoms with Crippen molar-refractivity contribution in [2.75, 3.05) is 43.4 Å². The number of likely N-dealkylation sites (N-methyl/N-ethyl adjacent to an activating group) is 1. The molecule has 1 aliphatic heterocycles. The molecule has 0 atom stereocenters. The summed E-state index contributed by atoms with van der Waals surface area (Å²) in [7, 11) is 2.18. The summed E-state index contributed by atoms with van der Waals surface area (Å²) >= 11 is 1.59. The number of hydrogen-bond donors (Lipinski definition) is 1. The highest BCUT2D eigenvalue weighted by Gasteiger charge is 2.23. The number of nitrogens with zero attached hydrogens (tertiary/aromatic N) is 4. The Hall–Kier alpha value is -2.62. The van der Waals surface area contributed by atoms with Crippen LogP contribution in [-0.2, 0) is 0 Å². The largest absolute Gasteiger partial charge is 0.369 e. The van der Waals surface area contributed by atoms with Gasteiger partial charge in [-0.05, 0) is 61.7 Å². The molecular weight excluding hydrogens is 402 g/mol. The molecule has 1 aliphatic carbocycles. The molecule has 2 fully saturated rings. The fourth-order valence-corrected chi connectivity index (χ4v) is 5.97. The lowest BCUT2D eigenvalue weighted by Gasteiger charge is -2.34. The zero-order valence-electron chi connectivity index (χ0n) is 18.1. The van der Waals surface area contributed by atoms with E-state index in [0.717, 1.165) is 47.3 Å². The number of aromatic nitrogens is 1. The molecule has 6 heteroatoms. The van der Waals surface area contributed by atoms with Gasteiger partial charge < -0.3 is 15.1 Å². The van der Waals surface area contributed by atoms with E-state index in [-0.39, 0.29) is 0 Å². The Bertz CT molecular complexity index is 1080. The first-order valence-corrected chi connectivity index (χ1v) is 12.2. The lowest BCUT2D eigenvalue weighted by atomic mass is 9.83. The third kappa shape index (κ3) is 4.26. The molecule has 1 N–H and O–H groups in total. The van der Waals surface area contributed by atoms with E-state index >= 15 is 0 Å². The van der Waals surface area contributed by atoms with Crippen LogP contribution >= 0.6 is 11.3 Å². The molecule has 2 aromatic heterocycles. The summed E-state index contributed by atoms with van der Waals surface area (Å²) in [6.45, 7) is 4.37. The number of rotatable bonds is 4. The van der Waals surface area contributed by atoms with Gasteiger partial charge in [-0.2, -0.15) is 5.26 Å². The topological polar surface area (TPSA) is 55.2 Å². The quantitative estimate of drug-likeness (QED) is 0.573. The maximum atomic E-state index is 9.72. The van der Waals surface area contributed by atoms with E-state index in [1.54, 1.807) is 11.3 Å². The van der Waals surface area contributed by atoms with Crippen LogP contribution in [0.1, 0.15) is 48.5 Å². The molecule has 2 aliphatic rings. The monoisotopic (exact) mass is 431 g/mol. The van der Waals surface area contributed by atoms with Gasteiger partial charge in [0.1, 0.15) is 16.8 Å². The van der Waals surface area contributed by atoms with Crippen molar-refractivity contribution in [2.24, 2.45) is 0 Å². The molecule has 3 aromatic rings. The fraction of sp³-hybridized carbons (Fsp3) is 0.440.